The average molecular weight is 325 g/mol. The Bertz CT molecular complexity index is 522. The molecule has 18 heavy (non-hydrogen) atoms. The quantitative estimate of drug-likeness (QED) is 0.905. The van der Waals surface area contributed by atoms with Crippen LogP contribution in [0, 0.1) is 0 Å². The van der Waals surface area contributed by atoms with Crippen molar-refractivity contribution < 1.29 is 0 Å². The molecule has 2 aromatic rings. The highest BCUT2D eigenvalue weighted by Crippen LogP contribution is 2.25. The minimum absolute atomic E-state index is 0.600. The van der Waals surface area contributed by atoms with Crippen molar-refractivity contribution in [1.82, 2.24) is 4.98 Å². The smallest absolute Gasteiger partial charge is 0.0975 e. The Kier molecular flexibility index (Phi) is 4.92. The van der Waals surface area contributed by atoms with E-state index >= 15 is 0 Å². The molecule has 96 valence electrons. The number of aromatic nitrogens is 1. The Morgan fingerprint density at radius 2 is 2.11 bits per heavy atom. The number of nitrogens with zero attached hydrogens (tertiary/aromatic N) is 1. The number of aryl methyl sites for hydroxylation is 1. The van der Waals surface area contributed by atoms with Crippen LogP contribution >= 0.6 is 27.3 Å². The van der Waals surface area contributed by atoms with Crippen LogP contribution < -0.4 is 5.73 Å². The number of hydrogen-bond donors (Lipinski definition) is 1. The molecule has 0 saturated heterocycles. The van der Waals surface area contributed by atoms with Crippen LogP contribution in [0.3, 0.4) is 0 Å². The van der Waals surface area contributed by atoms with Gasteiger partial charge in [0.05, 0.1) is 10.7 Å². The van der Waals surface area contributed by atoms with Crippen LogP contribution in [0.25, 0.3) is 0 Å². The van der Waals surface area contributed by atoms with Crippen LogP contribution in [0.4, 0.5) is 0 Å². The zero-order valence-corrected chi connectivity index (χ0v) is 12.9. The highest BCUT2D eigenvalue weighted by molar-refractivity contribution is 9.10. The largest absolute Gasteiger partial charge is 0.326 e. The van der Waals surface area contributed by atoms with Crippen molar-refractivity contribution in [3.63, 3.8) is 0 Å². The molecule has 0 unspecified atom stereocenters. The Morgan fingerprint density at radius 3 is 2.78 bits per heavy atom. The number of thiazole rings is 1. The van der Waals surface area contributed by atoms with Crippen molar-refractivity contribution in [1.29, 1.82) is 0 Å². The molecule has 1 heterocycles. The molecule has 1 aromatic carbocycles. The molecule has 0 saturated carbocycles. The molecule has 0 aliphatic carbocycles. The van der Waals surface area contributed by atoms with Crippen LogP contribution in [0.1, 0.15) is 34.5 Å². The summed E-state index contributed by atoms with van der Waals surface area (Å²) < 4.78 is 1.14. The Morgan fingerprint density at radius 1 is 1.33 bits per heavy atom. The molecule has 0 aliphatic rings. The lowest BCUT2D eigenvalue weighted by molar-refractivity contribution is 0.863. The number of benzene rings is 1. The maximum atomic E-state index is 5.78. The van der Waals surface area contributed by atoms with Gasteiger partial charge in [-0.2, -0.15) is 0 Å². The van der Waals surface area contributed by atoms with E-state index in [9.17, 15) is 0 Å². The molecule has 0 aliphatic heterocycles. The van der Waals surface area contributed by atoms with Gasteiger partial charge in [-0.25, -0.2) is 4.98 Å². The average Bonchev–Trinajstić information content (AvgIpc) is 2.75. The Balaban J connectivity index is 2.22. The first-order chi connectivity index (χ1) is 8.74. The monoisotopic (exact) mass is 324 g/mol. The van der Waals surface area contributed by atoms with Crippen molar-refractivity contribution in [3.05, 3.63) is 49.9 Å². The van der Waals surface area contributed by atoms with E-state index < -0.39 is 0 Å². The molecule has 2 rings (SSSR count). The van der Waals surface area contributed by atoms with Crippen LogP contribution in [0.15, 0.2) is 28.7 Å². The molecule has 0 atom stereocenters. The Hall–Kier alpha value is -0.710. The molecule has 2 nitrogen and oxygen atoms in total. The molecular formula is C14H17BrN2S. The predicted molar refractivity (Wildman–Crippen MR) is 80.9 cm³/mol. The third kappa shape index (κ3) is 3.19. The van der Waals surface area contributed by atoms with Crippen molar-refractivity contribution >= 4 is 27.3 Å². The zero-order chi connectivity index (χ0) is 13.0. The molecule has 4 heteroatoms. The summed E-state index contributed by atoms with van der Waals surface area (Å²) in [5.74, 6) is 0. The SMILES string of the molecule is CCCc1nc(Cc2ccccc2Br)sc1CN. The number of nitrogens with two attached hydrogens (primary N) is 1. The Labute approximate surface area is 120 Å². The predicted octanol–water partition coefficient (Wildman–Crippen LogP) is 3.91. The lowest BCUT2D eigenvalue weighted by Gasteiger charge is -2.00. The van der Waals surface area contributed by atoms with E-state index in [1.165, 1.54) is 16.1 Å². The summed E-state index contributed by atoms with van der Waals surface area (Å²) in [7, 11) is 0. The summed E-state index contributed by atoms with van der Waals surface area (Å²) in [6, 6.07) is 8.29. The summed E-state index contributed by atoms with van der Waals surface area (Å²) in [5, 5.41) is 1.16. The molecule has 0 radical (unpaired) electrons. The summed E-state index contributed by atoms with van der Waals surface area (Å²) in [5.41, 5.74) is 8.24. The zero-order valence-electron chi connectivity index (χ0n) is 10.4. The summed E-state index contributed by atoms with van der Waals surface area (Å²) >= 11 is 5.33. The van der Waals surface area contributed by atoms with E-state index in [-0.39, 0.29) is 0 Å². The van der Waals surface area contributed by atoms with Crippen LogP contribution in [0.5, 0.6) is 0 Å². The second-order valence-corrected chi connectivity index (χ2v) is 6.22. The van der Waals surface area contributed by atoms with Crippen LogP contribution in [-0.2, 0) is 19.4 Å². The standard InChI is InChI=1S/C14H17BrN2S/c1-2-5-12-13(9-16)18-14(17-12)8-10-6-3-4-7-11(10)15/h3-4,6-7H,2,5,8-9,16H2,1H3. The highest BCUT2D eigenvalue weighted by atomic mass is 79.9. The first-order valence-electron chi connectivity index (χ1n) is 6.15. The van der Waals surface area contributed by atoms with Gasteiger partial charge < -0.3 is 5.73 Å². The fourth-order valence-corrected chi connectivity index (χ4v) is 3.35. The third-order valence-electron chi connectivity index (χ3n) is 2.79. The van der Waals surface area contributed by atoms with Crippen molar-refractivity contribution in [2.24, 2.45) is 5.73 Å². The maximum Gasteiger partial charge on any atom is 0.0975 e. The molecule has 0 amide bonds. The van der Waals surface area contributed by atoms with Crippen LogP contribution in [-0.4, -0.2) is 4.98 Å². The molecule has 0 spiro atoms. The van der Waals surface area contributed by atoms with Gasteiger partial charge >= 0.3 is 0 Å². The van der Waals surface area contributed by atoms with Gasteiger partial charge in [-0.1, -0.05) is 47.5 Å². The molecule has 0 bridgehead atoms. The lowest BCUT2D eigenvalue weighted by atomic mass is 10.1. The number of halogens is 1. The van der Waals surface area contributed by atoms with Gasteiger partial charge in [-0.3, -0.25) is 0 Å². The topological polar surface area (TPSA) is 38.9 Å². The van der Waals surface area contributed by atoms with Crippen LogP contribution in [0.2, 0.25) is 0 Å². The number of rotatable bonds is 5. The second kappa shape index (κ2) is 6.45. The van der Waals surface area contributed by atoms with Gasteiger partial charge in [0.1, 0.15) is 0 Å². The van der Waals surface area contributed by atoms with Gasteiger partial charge in [-0.05, 0) is 18.1 Å². The van der Waals surface area contributed by atoms with Gasteiger partial charge in [0.25, 0.3) is 0 Å². The van der Waals surface area contributed by atoms with Crippen molar-refractivity contribution in [3.8, 4) is 0 Å². The molecule has 0 fully saturated rings. The van der Waals surface area contributed by atoms with Crippen molar-refractivity contribution in [2.45, 2.75) is 32.7 Å². The molecular weight excluding hydrogens is 308 g/mol. The number of hydrogen-bond acceptors (Lipinski definition) is 3. The third-order valence-corrected chi connectivity index (χ3v) is 4.69. The van der Waals surface area contributed by atoms with E-state index in [1.807, 2.05) is 6.07 Å². The molecule has 1 aromatic heterocycles. The second-order valence-electron chi connectivity index (χ2n) is 4.20. The van der Waals surface area contributed by atoms with Gasteiger partial charge in [0.2, 0.25) is 0 Å². The van der Waals surface area contributed by atoms with Gasteiger partial charge in [-0.15, -0.1) is 11.3 Å². The van der Waals surface area contributed by atoms with E-state index in [1.54, 1.807) is 11.3 Å². The summed E-state index contributed by atoms with van der Waals surface area (Å²) in [6.45, 7) is 2.77. The highest BCUT2D eigenvalue weighted by Gasteiger charge is 2.10. The first kappa shape index (κ1) is 13.7. The van der Waals surface area contributed by atoms with Gasteiger partial charge in [0.15, 0.2) is 0 Å². The van der Waals surface area contributed by atoms with Crippen molar-refractivity contribution in [2.75, 3.05) is 0 Å². The fraction of sp³-hybridized carbons (Fsp3) is 0.357. The summed E-state index contributed by atoms with van der Waals surface area (Å²) in [4.78, 5) is 5.96. The van der Waals surface area contributed by atoms with E-state index in [0.29, 0.717) is 6.54 Å². The minimum atomic E-state index is 0.600. The van der Waals surface area contributed by atoms with E-state index in [2.05, 4.69) is 41.1 Å². The normalized spacial score (nSPS) is 10.8. The molecule has 2 N–H and O–H groups in total. The van der Waals surface area contributed by atoms with E-state index in [0.717, 1.165) is 28.7 Å². The maximum absolute atomic E-state index is 5.78. The van der Waals surface area contributed by atoms with E-state index in [4.69, 9.17) is 10.7 Å². The fourth-order valence-electron chi connectivity index (χ4n) is 1.91. The lowest BCUT2D eigenvalue weighted by Crippen LogP contribution is -1.98. The van der Waals surface area contributed by atoms with Gasteiger partial charge in [0, 0.05) is 22.3 Å². The minimum Gasteiger partial charge on any atom is -0.326 e. The first-order valence-corrected chi connectivity index (χ1v) is 7.76. The summed E-state index contributed by atoms with van der Waals surface area (Å²) in [6.07, 6.45) is 3.02.